The van der Waals surface area contributed by atoms with Crippen LogP contribution in [0.5, 0.6) is 0 Å². The van der Waals surface area contributed by atoms with Crippen molar-refractivity contribution in [1.29, 1.82) is 0 Å². The van der Waals surface area contributed by atoms with Gasteiger partial charge in [0.2, 0.25) is 5.91 Å². The van der Waals surface area contributed by atoms with Crippen LogP contribution in [0.15, 0.2) is 36.7 Å². The molecule has 2 N–H and O–H groups in total. The van der Waals surface area contributed by atoms with Gasteiger partial charge < -0.3 is 15.4 Å². The molecule has 1 aromatic carbocycles. The summed E-state index contributed by atoms with van der Waals surface area (Å²) in [5, 5.41) is 5.87. The summed E-state index contributed by atoms with van der Waals surface area (Å²) < 4.78 is 6.29. The van der Waals surface area contributed by atoms with Crippen LogP contribution < -0.4 is 10.6 Å². The van der Waals surface area contributed by atoms with Gasteiger partial charge in [0.15, 0.2) is 0 Å². The van der Waals surface area contributed by atoms with E-state index in [0.29, 0.717) is 11.6 Å². The molecule has 1 aliphatic rings. The van der Waals surface area contributed by atoms with E-state index >= 15 is 0 Å². The molecular weight excluding hydrogens is 368 g/mol. The second kappa shape index (κ2) is 9.13. The van der Waals surface area contributed by atoms with E-state index in [9.17, 15) is 9.59 Å². The Hall–Kier alpha value is -2.80. The highest BCUT2D eigenvalue weighted by Gasteiger charge is 2.32. The molecule has 0 bridgehead atoms. The maximum atomic E-state index is 12.3. The highest BCUT2D eigenvalue weighted by atomic mass is 16.5. The van der Waals surface area contributed by atoms with Crippen molar-refractivity contribution >= 4 is 17.5 Å². The average molecular weight is 396 g/mol. The van der Waals surface area contributed by atoms with Gasteiger partial charge in [0, 0.05) is 24.8 Å². The lowest BCUT2D eigenvalue weighted by molar-refractivity contribution is -0.123. The number of ether oxygens (including phenoxy) is 1. The van der Waals surface area contributed by atoms with Gasteiger partial charge in [-0.15, -0.1) is 0 Å². The van der Waals surface area contributed by atoms with Crippen molar-refractivity contribution in [3.05, 3.63) is 53.6 Å². The number of amides is 2. The third-order valence-corrected chi connectivity index (χ3v) is 5.06. The minimum Gasteiger partial charge on any atom is -0.370 e. The second-order valence-electron chi connectivity index (χ2n) is 7.90. The Labute approximate surface area is 171 Å². The molecule has 1 saturated heterocycles. The summed E-state index contributed by atoms with van der Waals surface area (Å²) in [5.41, 5.74) is 2.73. The number of carbonyl (C=O) groups excluding carboxylic acids is 2. The van der Waals surface area contributed by atoms with Crippen molar-refractivity contribution in [3.63, 3.8) is 0 Å². The molecule has 0 saturated carbocycles. The van der Waals surface area contributed by atoms with E-state index < -0.39 is 0 Å². The number of carbonyl (C=O) groups is 2. The number of aromatic nitrogens is 2. The zero-order valence-corrected chi connectivity index (χ0v) is 17.3. The monoisotopic (exact) mass is 396 g/mol. The lowest BCUT2D eigenvalue weighted by Crippen LogP contribution is -2.43. The molecule has 7 heteroatoms. The van der Waals surface area contributed by atoms with Crippen LogP contribution in [0.1, 0.15) is 61.5 Å². The Bertz CT molecular complexity index is 849. The van der Waals surface area contributed by atoms with Crippen molar-refractivity contribution in [2.75, 3.05) is 5.32 Å². The first-order valence-corrected chi connectivity index (χ1v) is 9.94. The van der Waals surface area contributed by atoms with E-state index in [-0.39, 0.29) is 35.8 Å². The molecule has 2 heterocycles. The Balaban J connectivity index is 1.68. The molecule has 1 aliphatic heterocycles. The van der Waals surface area contributed by atoms with Gasteiger partial charge in [-0.3, -0.25) is 14.6 Å². The SMILES string of the molecule is CC(=O)N[C@H]1C[C@@H](c2ccc(NC(=O)c3cnc(C)cn3)cc2)O[C@@H](C(C)C)C1. The molecule has 1 aromatic heterocycles. The van der Waals surface area contributed by atoms with Gasteiger partial charge in [0.1, 0.15) is 5.69 Å². The van der Waals surface area contributed by atoms with Crippen molar-refractivity contribution in [1.82, 2.24) is 15.3 Å². The van der Waals surface area contributed by atoms with Crippen LogP contribution >= 0.6 is 0 Å². The molecule has 7 nitrogen and oxygen atoms in total. The molecular formula is C22H28N4O3. The van der Waals surface area contributed by atoms with Crippen LogP contribution in [-0.2, 0) is 9.53 Å². The first kappa shape index (κ1) is 20.9. The highest BCUT2D eigenvalue weighted by molar-refractivity contribution is 6.02. The minimum absolute atomic E-state index is 0.0181. The molecule has 0 unspecified atom stereocenters. The van der Waals surface area contributed by atoms with Crippen LogP contribution in [0.4, 0.5) is 5.69 Å². The Morgan fingerprint density at radius 3 is 2.41 bits per heavy atom. The summed E-state index contributed by atoms with van der Waals surface area (Å²) in [5.74, 6) is 0.0448. The fraction of sp³-hybridized carbons (Fsp3) is 0.455. The topological polar surface area (TPSA) is 93.2 Å². The van der Waals surface area contributed by atoms with E-state index in [1.165, 1.54) is 6.20 Å². The summed E-state index contributed by atoms with van der Waals surface area (Å²) in [6, 6.07) is 7.71. The zero-order valence-electron chi connectivity index (χ0n) is 17.3. The van der Waals surface area contributed by atoms with Crippen LogP contribution in [0.2, 0.25) is 0 Å². The molecule has 0 aliphatic carbocycles. The predicted molar refractivity (Wildman–Crippen MR) is 110 cm³/mol. The quantitative estimate of drug-likeness (QED) is 0.808. The van der Waals surface area contributed by atoms with E-state index in [2.05, 4.69) is 34.4 Å². The van der Waals surface area contributed by atoms with Crippen molar-refractivity contribution in [2.24, 2.45) is 5.92 Å². The maximum absolute atomic E-state index is 12.3. The van der Waals surface area contributed by atoms with Gasteiger partial charge in [0.25, 0.3) is 5.91 Å². The number of anilines is 1. The molecule has 1 fully saturated rings. The number of benzene rings is 1. The summed E-state index contributed by atoms with van der Waals surface area (Å²) in [7, 11) is 0. The third-order valence-electron chi connectivity index (χ3n) is 5.06. The van der Waals surface area contributed by atoms with E-state index in [1.54, 1.807) is 13.1 Å². The predicted octanol–water partition coefficient (Wildman–Crippen LogP) is 3.42. The molecule has 154 valence electrons. The zero-order chi connectivity index (χ0) is 21.0. The summed E-state index contributed by atoms with van der Waals surface area (Å²) in [4.78, 5) is 32.0. The number of hydrogen-bond acceptors (Lipinski definition) is 5. The van der Waals surface area contributed by atoms with Gasteiger partial charge >= 0.3 is 0 Å². The maximum Gasteiger partial charge on any atom is 0.275 e. The Morgan fingerprint density at radius 1 is 1.10 bits per heavy atom. The normalized spacial score (nSPS) is 21.6. The van der Waals surface area contributed by atoms with Gasteiger partial charge in [-0.1, -0.05) is 26.0 Å². The van der Waals surface area contributed by atoms with Gasteiger partial charge in [0.05, 0.1) is 24.1 Å². The fourth-order valence-electron chi connectivity index (χ4n) is 3.49. The smallest absolute Gasteiger partial charge is 0.275 e. The van der Waals surface area contributed by atoms with Crippen LogP contribution in [-0.4, -0.2) is 33.9 Å². The number of rotatable bonds is 5. The number of nitrogens with zero attached hydrogens (tertiary/aromatic N) is 2. The molecule has 3 atom stereocenters. The summed E-state index contributed by atoms with van der Waals surface area (Å²) >= 11 is 0. The average Bonchev–Trinajstić information content (AvgIpc) is 2.68. The van der Waals surface area contributed by atoms with E-state index in [4.69, 9.17) is 4.74 Å². The van der Waals surface area contributed by atoms with Crippen molar-refractivity contribution < 1.29 is 14.3 Å². The highest BCUT2D eigenvalue weighted by Crippen LogP contribution is 2.34. The van der Waals surface area contributed by atoms with Gasteiger partial charge in [-0.2, -0.15) is 0 Å². The van der Waals surface area contributed by atoms with E-state index in [0.717, 1.165) is 24.1 Å². The Morgan fingerprint density at radius 2 is 1.83 bits per heavy atom. The molecule has 0 radical (unpaired) electrons. The first-order chi connectivity index (χ1) is 13.8. The molecule has 0 spiro atoms. The Kier molecular flexibility index (Phi) is 6.59. The largest absolute Gasteiger partial charge is 0.370 e. The summed E-state index contributed by atoms with van der Waals surface area (Å²) in [6.07, 6.45) is 4.57. The minimum atomic E-state index is -0.301. The lowest BCUT2D eigenvalue weighted by atomic mass is 9.90. The molecule has 2 amide bonds. The third kappa shape index (κ3) is 5.60. The number of hydrogen-bond donors (Lipinski definition) is 2. The van der Waals surface area contributed by atoms with Gasteiger partial charge in [-0.25, -0.2) is 4.98 Å². The van der Waals surface area contributed by atoms with Crippen LogP contribution in [0.25, 0.3) is 0 Å². The van der Waals surface area contributed by atoms with Crippen LogP contribution in [0, 0.1) is 12.8 Å². The van der Waals surface area contributed by atoms with Crippen LogP contribution in [0.3, 0.4) is 0 Å². The number of aryl methyl sites for hydroxylation is 1. The van der Waals surface area contributed by atoms with Crippen molar-refractivity contribution in [2.45, 2.75) is 58.8 Å². The van der Waals surface area contributed by atoms with E-state index in [1.807, 2.05) is 31.2 Å². The first-order valence-electron chi connectivity index (χ1n) is 9.94. The number of nitrogens with one attached hydrogen (secondary N) is 2. The molecule has 3 rings (SSSR count). The van der Waals surface area contributed by atoms with Gasteiger partial charge in [-0.05, 0) is 43.4 Å². The fourth-order valence-corrected chi connectivity index (χ4v) is 3.49. The lowest BCUT2D eigenvalue weighted by Gasteiger charge is -2.37. The second-order valence-corrected chi connectivity index (χ2v) is 7.90. The molecule has 29 heavy (non-hydrogen) atoms. The summed E-state index contributed by atoms with van der Waals surface area (Å²) in [6.45, 7) is 7.63. The standard InChI is InChI=1S/C22H28N4O3/c1-13(2)20-9-18(25-15(4)27)10-21(29-20)16-5-7-17(8-6-16)26-22(28)19-12-23-14(3)11-24-19/h5-8,11-13,18,20-21H,9-10H2,1-4H3,(H,25,27)(H,26,28)/t18-,20-,21+/m1/s1. The van der Waals surface area contributed by atoms with Crippen molar-refractivity contribution in [3.8, 4) is 0 Å². The molecule has 2 aromatic rings.